The number of rotatable bonds is 9. The third-order valence-corrected chi connectivity index (χ3v) is 5.89. The Balaban J connectivity index is 1.29. The van der Waals surface area contributed by atoms with Gasteiger partial charge >= 0.3 is 5.97 Å². The van der Waals surface area contributed by atoms with Crippen molar-refractivity contribution >= 4 is 29.2 Å². The third-order valence-electron chi connectivity index (χ3n) is 5.89. The number of nitrogens with one attached hydrogen (secondary N) is 1. The van der Waals surface area contributed by atoms with Crippen LogP contribution in [-0.2, 0) is 19.1 Å². The Kier molecular flexibility index (Phi) is 7.92. The van der Waals surface area contributed by atoms with Crippen molar-refractivity contribution in [1.82, 2.24) is 0 Å². The summed E-state index contributed by atoms with van der Waals surface area (Å²) < 4.78 is 21.4. The summed E-state index contributed by atoms with van der Waals surface area (Å²) in [6.45, 7) is 1.69. The van der Waals surface area contributed by atoms with E-state index in [1.165, 1.54) is 19.1 Å². The van der Waals surface area contributed by atoms with Crippen LogP contribution in [0, 0.1) is 12.8 Å². The van der Waals surface area contributed by atoms with E-state index in [1.54, 1.807) is 42.5 Å². The van der Waals surface area contributed by atoms with Crippen LogP contribution in [0.2, 0.25) is 0 Å². The number of methoxy groups -OCH3 is 2. The lowest BCUT2D eigenvalue weighted by atomic mass is 10.1. The zero-order chi connectivity index (χ0) is 26.4. The number of carbonyl (C=O) groups excluding carboxylic acids is 3. The molecule has 3 aromatic rings. The van der Waals surface area contributed by atoms with Gasteiger partial charge < -0.3 is 29.2 Å². The molecular formula is C28H28N2O7. The van der Waals surface area contributed by atoms with Crippen LogP contribution in [0.15, 0.2) is 66.7 Å². The molecule has 1 heterocycles. The summed E-state index contributed by atoms with van der Waals surface area (Å²) in [4.78, 5) is 39.0. The van der Waals surface area contributed by atoms with E-state index in [1.807, 2.05) is 31.2 Å². The first-order chi connectivity index (χ1) is 17.9. The summed E-state index contributed by atoms with van der Waals surface area (Å²) in [7, 11) is 3.00. The monoisotopic (exact) mass is 504 g/mol. The molecule has 1 aliphatic heterocycles. The summed E-state index contributed by atoms with van der Waals surface area (Å²) in [5.74, 6) is 0.342. The molecule has 37 heavy (non-hydrogen) atoms. The fourth-order valence-corrected chi connectivity index (χ4v) is 3.89. The molecule has 0 aromatic heterocycles. The van der Waals surface area contributed by atoms with Crippen LogP contribution < -0.4 is 24.4 Å². The van der Waals surface area contributed by atoms with Gasteiger partial charge in [0.15, 0.2) is 6.61 Å². The van der Waals surface area contributed by atoms with Gasteiger partial charge in [0, 0.05) is 24.7 Å². The van der Waals surface area contributed by atoms with Gasteiger partial charge in [-0.15, -0.1) is 0 Å². The standard InChI is InChI=1S/C28H28N2O7/c1-18-4-8-21(9-5-18)37-22-10-6-20(7-11-22)30-16-19(14-27(30)32)28(33)36-17-26(31)29-24-13-12-23(34-2)15-25(24)35-3/h4-13,15,19H,14,16-17H2,1-3H3,(H,29,31)/t19-/m0/s1. The third kappa shape index (κ3) is 6.38. The normalized spacial score (nSPS) is 14.7. The van der Waals surface area contributed by atoms with E-state index in [0.717, 1.165) is 5.56 Å². The van der Waals surface area contributed by atoms with Crippen molar-refractivity contribution in [3.05, 3.63) is 72.3 Å². The average molecular weight is 505 g/mol. The van der Waals surface area contributed by atoms with Crippen LogP contribution in [0.25, 0.3) is 0 Å². The number of esters is 1. The number of hydrogen-bond acceptors (Lipinski definition) is 7. The first kappa shape index (κ1) is 25.6. The highest BCUT2D eigenvalue weighted by molar-refractivity contribution is 6.00. The van der Waals surface area contributed by atoms with Crippen LogP contribution in [0.5, 0.6) is 23.0 Å². The largest absolute Gasteiger partial charge is 0.497 e. The Morgan fingerprint density at radius 3 is 2.22 bits per heavy atom. The lowest BCUT2D eigenvalue weighted by Crippen LogP contribution is -2.28. The van der Waals surface area contributed by atoms with E-state index in [-0.39, 0.29) is 18.9 Å². The molecule has 4 rings (SSSR count). The minimum absolute atomic E-state index is 0.00831. The molecule has 9 nitrogen and oxygen atoms in total. The average Bonchev–Trinajstić information content (AvgIpc) is 3.30. The maximum Gasteiger partial charge on any atom is 0.311 e. The fourth-order valence-electron chi connectivity index (χ4n) is 3.89. The van der Waals surface area contributed by atoms with E-state index in [2.05, 4.69) is 5.32 Å². The van der Waals surface area contributed by atoms with Crippen molar-refractivity contribution in [3.8, 4) is 23.0 Å². The van der Waals surface area contributed by atoms with Crippen molar-refractivity contribution in [3.63, 3.8) is 0 Å². The van der Waals surface area contributed by atoms with Gasteiger partial charge in [-0.05, 0) is 55.5 Å². The Morgan fingerprint density at radius 1 is 0.919 bits per heavy atom. The van der Waals surface area contributed by atoms with Crippen LogP contribution in [0.3, 0.4) is 0 Å². The highest BCUT2D eigenvalue weighted by Crippen LogP contribution is 2.30. The summed E-state index contributed by atoms with van der Waals surface area (Å²) in [6, 6.07) is 19.7. The predicted octanol–water partition coefficient (Wildman–Crippen LogP) is 4.34. The molecule has 0 aliphatic carbocycles. The maximum atomic E-state index is 12.6. The van der Waals surface area contributed by atoms with Gasteiger partial charge in [-0.3, -0.25) is 14.4 Å². The van der Waals surface area contributed by atoms with Gasteiger partial charge in [0.1, 0.15) is 23.0 Å². The number of hydrogen-bond donors (Lipinski definition) is 1. The molecule has 1 N–H and O–H groups in total. The van der Waals surface area contributed by atoms with Crippen molar-refractivity contribution < 1.29 is 33.3 Å². The van der Waals surface area contributed by atoms with Gasteiger partial charge in [-0.1, -0.05) is 17.7 Å². The molecule has 0 radical (unpaired) electrons. The SMILES string of the molecule is COc1ccc(NC(=O)COC(=O)[C@H]2CC(=O)N(c3ccc(Oc4ccc(C)cc4)cc3)C2)c(OC)c1. The molecule has 0 bridgehead atoms. The number of aryl methyl sites for hydroxylation is 1. The first-order valence-corrected chi connectivity index (χ1v) is 11.7. The smallest absolute Gasteiger partial charge is 0.311 e. The molecule has 0 spiro atoms. The summed E-state index contributed by atoms with van der Waals surface area (Å²) >= 11 is 0. The second-order valence-corrected chi connectivity index (χ2v) is 8.54. The number of amides is 2. The molecule has 3 aromatic carbocycles. The van der Waals surface area contributed by atoms with Gasteiger partial charge in [0.2, 0.25) is 5.91 Å². The number of ether oxygens (including phenoxy) is 4. The Morgan fingerprint density at radius 2 is 1.57 bits per heavy atom. The maximum absolute atomic E-state index is 12.6. The minimum atomic E-state index is -0.667. The molecular weight excluding hydrogens is 476 g/mol. The Hall–Kier alpha value is -4.53. The van der Waals surface area contributed by atoms with Crippen molar-refractivity contribution in [2.75, 3.05) is 37.6 Å². The van der Waals surface area contributed by atoms with Gasteiger partial charge in [-0.2, -0.15) is 0 Å². The number of nitrogens with zero attached hydrogens (tertiary/aromatic N) is 1. The minimum Gasteiger partial charge on any atom is -0.497 e. The molecule has 1 aliphatic rings. The zero-order valence-corrected chi connectivity index (χ0v) is 20.9. The van der Waals surface area contributed by atoms with Crippen LogP contribution in [0.1, 0.15) is 12.0 Å². The Bertz CT molecular complexity index is 1270. The molecule has 9 heteroatoms. The number of carbonyl (C=O) groups is 3. The fraction of sp³-hybridized carbons (Fsp3) is 0.250. The first-order valence-electron chi connectivity index (χ1n) is 11.7. The van der Waals surface area contributed by atoms with Crippen molar-refractivity contribution in [2.24, 2.45) is 5.92 Å². The van der Waals surface area contributed by atoms with E-state index >= 15 is 0 Å². The predicted molar refractivity (Wildman–Crippen MR) is 137 cm³/mol. The number of anilines is 2. The Labute approximate surface area is 214 Å². The van der Waals surface area contributed by atoms with E-state index in [9.17, 15) is 14.4 Å². The molecule has 192 valence electrons. The summed E-state index contributed by atoms with van der Waals surface area (Å²) in [6.07, 6.45) is 0.00831. The number of benzene rings is 3. The van der Waals surface area contributed by atoms with Crippen LogP contribution >= 0.6 is 0 Å². The van der Waals surface area contributed by atoms with E-state index < -0.39 is 24.4 Å². The second kappa shape index (κ2) is 11.5. The highest BCUT2D eigenvalue weighted by atomic mass is 16.5. The summed E-state index contributed by atoms with van der Waals surface area (Å²) in [5, 5.41) is 2.64. The van der Waals surface area contributed by atoms with Gasteiger partial charge in [0.05, 0.1) is 25.8 Å². The van der Waals surface area contributed by atoms with Gasteiger partial charge in [0.25, 0.3) is 5.91 Å². The lowest BCUT2D eigenvalue weighted by Gasteiger charge is -2.17. The summed E-state index contributed by atoms with van der Waals surface area (Å²) in [5.41, 5.74) is 2.21. The van der Waals surface area contributed by atoms with Crippen LogP contribution in [-0.4, -0.2) is 45.2 Å². The quantitative estimate of drug-likeness (QED) is 0.433. The van der Waals surface area contributed by atoms with E-state index in [0.29, 0.717) is 34.4 Å². The molecule has 0 unspecified atom stereocenters. The van der Waals surface area contributed by atoms with E-state index in [4.69, 9.17) is 18.9 Å². The molecule has 0 saturated carbocycles. The molecule has 2 amide bonds. The topological polar surface area (TPSA) is 103 Å². The lowest BCUT2D eigenvalue weighted by molar-refractivity contribution is -0.151. The zero-order valence-electron chi connectivity index (χ0n) is 20.9. The van der Waals surface area contributed by atoms with Gasteiger partial charge in [-0.25, -0.2) is 0 Å². The highest BCUT2D eigenvalue weighted by Gasteiger charge is 2.36. The van der Waals surface area contributed by atoms with Crippen molar-refractivity contribution in [2.45, 2.75) is 13.3 Å². The second-order valence-electron chi connectivity index (χ2n) is 8.54. The molecule has 1 fully saturated rings. The molecule has 1 atom stereocenters. The van der Waals surface area contributed by atoms with Crippen LogP contribution in [0.4, 0.5) is 11.4 Å². The molecule has 1 saturated heterocycles. The van der Waals surface area contributed by atoms with Crippen molar-refractivity contribution in [1.29, 1.82) is 0 Å².